The van der Waals surface area contributed by atoms with Crippen LogP contribution in [0.4, 0.5) is 39.4 Å². The summed E-state index contributed by atoms with van der Waals surface area (Å²) in [7, 11) is 0. The molecule has 2 aliphatic rings. The van der Waals surface area contributed by atoms with Gasteiger partial charge in [-0.3, -0.25) is 15.5 Å². The number of benzene rings is 3. The Morgan fingerprint density at radius 2 is 1.86 bits per heavy atom. The molecule has 5 N–H and O–H groups in total. The molecule has 5 rings (SSSR count). The van der Waals surface area contributed by atoms with E-state index in [0.717, 1.165) is 0 Å². The van der Waals surface area contributed by atoms with Crippen LogP contribution in [0.5, 0.6) is 0 Å². The first kappa shape index (κ1) is 25.1. The van der Waals surface area contributed by atoms with E-state index in [4.69, 9.17) is 29.0 Å². The molecule has 0 aromatic heterocycles. The second-order valence-corrected chi connectivity index (χ2v) is 9.33. The number of amides is 3. The van der Waals surface area contributed by atoms with Crippen LogP contribution in [0.15, 0.2) is 42.5 Å². The molecule has 192 valence electrons. The van der Waals surface area contributed by atoms with Crippen molar-refractivity contribution in [2.75, 3.05) is 22.2 Å². The van der Waals surface area contributed by atoms with Gasteiger partial charge in [-0.2, -0.15) is 13.2 Å². The van der Waals surface area contributed by atoms with Gasteiger partial charge < -0.3 is 16.1 Å². The van der Waals surface area contributed by atoms with Gasteiger partial charge in [0, 0.05) is 33.3 Å². The average Bonchev–Trinajstić information content (AvgIpc) is 3.28. The summed E-state index contributed by atoms with van der Waals surface area (Å²) in [5, 5.41) is 6.05. The maximum atomic E-state index is 14.0. The van der Waals surface area contributed by atoms with E-state index in [9.17, 15) is 27.2 Å². The number of hydrogen-bond donors (Lipinski definition) is 4. The van der Waals surface area contributed by atoms with Crippen molar-refractivity contribution < 1.29 is 27.2 Å². The molecule has 1 atom stereocenters. The first-order valence-electron chi connectivity index (χ1n) is 10.9. The molecule has 0 radical (unpaired) electrons. The molecule has 0 aliphatic carbocycles. The fraction of sp³-hybridized carbons (Fsp3) is 0.167. The summed E-state index contributed by atoms with van der Waals surface area (Å²) in [6.45, 7) is 0.328. The van der Waals surface area contributed by atoms with Crippen LogP contribution in [0.3, 0.4) is 0 Å². The number of nitrogens with zero attached hydrogens (tertiary/aromatic N) is 1. The van der Waals surface area contributed by atoms with Crippen molar-refractivity contribution in [2.45, 2.75) is 18.6 Å². The van der Waals surface area contributed by atoms with Crippen molar-refractivity contribution in [3.8, 4) is 0 Å². The summed E-state index contributed by atoms with van der Waals surface area (Å²) < 4.78 is 53.6. The predicted molar refractivity (Wildman–Crippen MR) is 131 cm³/mol. The smallest absolute Gasteiger partial charge is 0.327 e. The third-order valence-corrected chi connectivity index (χ3v) is 6.84. The van der Waals surface area contributed by atoms with Crippen molar-refractivity contribution in [3.63, 3.8) is 0 Å². The molecule has 7 nitrogen and oxygen atoms in total. The Hall–Kier alpha value is -3.54. The number of hydrazine groups is 1. The van der Waals surface area contributed by atoms with Crippen LogP contribution in [0, 0.1) is 5.82 Å². The zero-order chi connectivity index (χ0) is 26.6. The Labute approximate surface area is 217 Å². The highest BCUT2D eigenvalue weighted by Gasteiger charge is 2.41. The van der Waals surface area contributed by atoms with Gasteiger partial charge in [0.1, 0.15) is 5.82 Å². The summed E-state index contributed by atoms with van der Waals surface area (Å²) in [6, 6.07) is 6.46. The van der Waals surface area contributed by atoms with E-state index in [1.165, 1.54) is 11.0 Å². The van der Waals surface area contributed by atoms with E-state index >= 15 is 0 Å². The lowest BCUT2D eigenvalue weighted by atomic mass is 9.91. The van der Waals surface area contributed by atoms with Gasteiger partial charge in [0.15, 0.2) is 0 Å². The second kappa shape index (κ2) is 9.09. The third kappa shape index (κ3) is 4.43. The topological polar surface area (TPSA) is 99.5 Å². The minimum absolute atomic E-state index is 0.127. The van der Waals surface area contributed by atoms with Crippen molar-refractivity contribution >= 4 is 52.2 Å². The Bertz CT molecular complexity index is 1460. The molecular weight excluding hydrogens is 537 g/mol. The van der Waals surface area contributed by atoms with Gasteiger partial charge in [-0.25, -0.2) is 9.18 Å². The number of halogens is 6. The molecule has 3 aromatic rings. The minimum atomic E-state index is -4.85. The Morgan fingerprint density at radius 1 is 1.11 bits per heavy atom. The molecule has 37 heavy (non-hydrogen) atoms. The number of carbonyl (C=O) groups excluding carboxylic acids is 2. The van der Waals surface area contributed by atoms with Crippen LogP contribution in [-0.2, 0) is 12.6 Å². The predicted octanol–water partition coefficient (Wildman–Crippen LogP) is 5.86. The highest BCUT2D eigenvalue weighted by molar-refractivity contribution is 6.33. The number of nitrogens with one attached hydrogen (secondary N) is 3. The normalized spacial score (nSPS) is 16.4. The van der Waals surface area contributed by atoms with Crippen LogP contribution in [0.2, 0.25) is 10.0 Å². The molecule has 0 fully saturated rings. The summed E-state index contributed by atoms with van der Waals surface area (Å²) in [6.07, 6.45) is -4.40. The van der Waals surface area contributed by atoms with Crippen molar-refractivity contribution in [1.29, 1.82) is 0 Å². The molecule has 3 aromatic carbocycles. The third-order valence-electron chi connectivity index (χ3n) is 6.26. The first-order chi connectivity index (χ1) is 17.5. The molecule has 3 amide bonds. The maximum absolute atomic E-state index is 14.0. The largest absolute Gasteiger partial charge is 0.416 e. The summed E-state index contributed by atoms with van der Waals surface area (Å²) in [4.78, 5) is 27.5. The summed E-state index contributed by atoms with van der Waals surface area (Å²) in [5.41, 5.74) is 3.26. The lowest BCUT2D eigenvalue weighted by Gasteiger charge is -2.35. The monoisotopic (exact) mass is 553 g/mol. The van der Waals surface area contributed by atoms with Gasteiger partial charge in [-0.15, -0.1) is 0 Å². The van der Waals surface area contributed by atoms with E-state index < -0.39 is 41.1 Å². The molecule has 1 unspecified atom stereocenters. The number of anilines is 3. The molecule has 2 aliphatic heterocycles. The zero-order valence-corrected chi connectivity index (χ0v) is 20.2. The number of nitrogen functional groups attached to an aromatic ring is 1. The van der Waals surface area contributed by atoms with E-state index in [2.05, 4.69) is 16.1 Å². The number of hydrogen-bond acceptors (Lipinski definition) is 4. The molecule has 13 heteroatoms. The lowest BCUT2D eigenvalue weighted by Crippen LogP contribution is -2.46. The molecule has 0 spiro atoms. The van der Waals surface area contributed by atoms with Crippen molar-refractivity contribution in [1.82, 2.24) is 5.32 Å². The average molecular weight is 554 g/mol. The fourth-order valence-corrected chi connectivity index (χ4v) is 5.08. The van der Waals surface area contributed by atoms with E-state index in [-0.39, 0.29) is 10.7 Å². The molecule has 0 saturated carbocycles. The molecule has 0 bridgehead atoms. The SMILES string of the molecule is NNc1cc(NC(=O)c2cc(F)cc(C(F)(F)F)c2)c2c3c1CCN3C(=O)NC2c1cc(Cl)ccc1Cl. The number of rotatable bonds is 4. The van der Waals surface area contributed by atoms with Crippen LogP contribution in [-0.4, -0.2) is 18.5 Å². The van der Waals surface area contributed by atoms with Crippen molar-refractivity contribution in [2.24, 2.45) is 5.84 Å². The van der Waals surface area contributed by atoms with E-state index in [1.807, 2.05) is 0 Å². The molecule has 2 heterocycles. The van der Waals surface area contributed by atoms with Crippen LogP contribution < -0.4 is 26.8 Å². The second-order valence-electron chi connectivity index (χ2n) is 8.49. The highest BCUT2D eigenvalue weighted by Crippen LogP contribution is 2.49. The Morgan fingerprint density at radius 3 is 2.57 bits per heavy atom. The Balaban J connectivity index is 1.67. The molecular formula is C24H17Cl2F4N5O2. The number of nitrogens with two attached hydrogens (primary N) is 1. The van der Waals surface area contributed by atoms with E-state index in [1.54, 1.807) is 18.2 Å². The lowest BCUT2D eigenvalue weighted by molar-refractivity contribution is -0.137. The summed E-state index contributed by atoms with van der Waals surface area (Å²) >= 11 is 12.6. The maximum Gasteiger partial charge on any atom is 0.416 e. The van der Waals surface area contributed by atoms with Gasteiger partial charge in [0.05, 0.1) is 28.7 Å². The number of alkyl halides is 3. The van der Waals surface area contributed by atoms with Crippen LogP contribution in [0.25, 0.3) is 0 Å². The number of urea groups is 1. The first-order valence-corrected chi connectivity index (χ1v) is 11.6. The van der Waals surface area contributed by atoms with Crippen molar-refractivity contribution in [3.05, 3.63) is 86.1 Å². The Kier molecular flexibility index (Phi) is 6.17. The molecule has 0 saturated heterocycles. The van der Waals surface area contributed by atoms with E-state index in [0.29, 0.717) is 64.3 Å². The standard InChI is InChI=1S/C24H17Cl2F4N5O2/c25-12-1-2-16(26)15(8-12)20-19-18(9-17(34-31)14-3-4-35(21(14)19)23(37)33-20)32-22(36)10-5-11(24(28,29)30)7-13(27)6-10/h1-2,5-9,20,34H,3-4,31H2,(H,32,36)(H,33,37). The zero-order valence-electron chi connectivity index (χ0n) is 18.6. The highest BCUT2D eigenvalue weighted by atomic mass is 35.5. The van der Waals surface area contributed by atoms with Gasteiger partial charge in [0.25, 0.3) is 5.91 Å². The van der Waals surface area contributed by atoms with Crippen LogP contribution >= 0.6 is 23.2 Å². The fourth-order valence-electron chi connectivity index (χ4n) is 4.67. The number of carbonyl (C=O) groups is 2. The van der Waals surface area contributed by atoms with Gasteiger partial charge >= 0.3 is 12.2 Å². The van der Waals surface area contributed by atoms with Gasteiger partial charge in [-0.1, -0.05) is 23.2 Å². The van der Waals surface area contributed by atoms with Crippen LogP contribution in [0.1, 0.15) is 38.7 Å². The van der Waals surface area contributed by atoms with Gasteiger partial charge in [-0.05, 0) is 54.4 Å². The minimum Gasteiger partial charge on any atom is -0.327 e. The summed E-state index contributed by atoms with van der Waals surface area (Å²) in [5.74, 6) is 3.49. The quantitative estimate of drug-likeness (QED) is 0.184. The van der Waals surface area contributed by atoms with Gasteiger partial charge in [0.2, 0.25) is 0 Å².